The number of anilines is 1. The molecule has 0 saturated heterocycles. The van der Waals surface area contributed by atoms with Gasteiger partial charge < -0.3 is 11.1 Å². The molecule has 3 N–H and O–H groups in total. The van der Waals surface area contributed by atoms with Gasteiger partial charge in [0, 0.05) is 16.8 Å². The van der Waals surface area contributed by atoms with Crippen molar-refractivity contribution in [2.75, 3.05) is 5.32 Å². The number of nitrogens with zero attached hydrogens (tertiary/aromatic N) is 1. The summed E-state index contributed by atoms with van der Waals surface area (Å²) in [7, 11) is 0. The Hall–Kier alpha value is -1.22. The Balaban J connectivity index is 2.86. The average molecular weight is 226 g/mol. The smallest absolute Gasteiger partial charge is 0.193 e. The second kappa shape index (κ2) is 5.03. The molecule has 0 aliphatic heterocycles. The predicted molar refractivity (Wildman–Crippen MR) is 66.6 cm³/mol. The fourth-order valence-corrected chi connectivity index (χ4v) is 1.37. The molecule has 0 radical (unpaired) electrons. The quantitative estimate of drug-likeness (QED) is 0.601. The summed E-state index contributed by atoms with van der Waals surface area (Å²) in [5.41, 5.74) is 7.59. The Labute approximate surface area is 95.3 Å². The number of nitrogens with one attached hydrogen (secondary N) is 1. The molecule has 0 amide bonds. The lowest BCUT2D eigenvalue weighted by molar-refractivity contribution is 0.833. The van der Waals surface area contributed by atoms with E-state index in [0.29, 0.717) is 5.96 Å². The SMILES string of the molecule is Cc1c(Cl)cccc1NC(N)=NC(C)C. The van der Waals surface area contributed by atoms with Crippen LogP contribution in [0, 0.1) is 6.92 Å². The molecule has 4 heteroatoms. The van der Waals surface area contributed by atoms with Crippen molar-refractivity contribution < 1.29 is 0 Å². The van der Waals surface area contributed by atoms with Crippen molar-refractivity contribution in [3.8, 4) is 0 Å². The molecule has 1 aromatic rings. The minimum Gasteiger partial charge on any atom is -0.370 e. The highest BCUT2D eigenvalue weighted by atomic mass is 35.5. The van der Waals surface area contributed by atoms with E-state index in [4.69, 9.17) is 17.3 Å². The van der Waals surface area contributed by atoms with Crippen LogP contribution in [0.3, 0.4) is 0 Å². The fourth-order valence-electron chi connectivity index (χ4n) is 1.19. The Morgan fingerprint density at radius 3 is 2.73 bits per heavy atom. The summed E-state index contributed by atoms with van der Waals surface area (Å²) in [6, 6.07) is 5.82. The van der Waals surface area contributed by atoms with Gasteiger partial charge in [-0.25, -0.2) is 0 Å². The molecule has 0 saturated carbocycles. The number of hydrogen-bond donors (Lipinski definition) is 2. The van der Waals surface area contributed by atoms with Crippen molar-refractivity contribution >= 4 is 23.2 Å². The lowest BCUT2D eigenvalue weighted by Crippen LogP contribution is -2.24. The van der Waals surface area contributed by atoms with Gasteiger partial charge in [-0.3, -0.25) is 4.99 Å². The third-order valence-electron chi connectivity index (χ3n) is 1.93. The highest BCUT2D eigenvalue weighted by molar-refractivity contribution is 6.31. The van der Waals surface area contributed by atoms with Crippen LogP contribution in [0.5, 0.6) is 0 Å². The van der Waals surface area contributed by atoms with Crippen LogP contribution in [-0.4, -0.2) is 12.0 Å². The third kappa shape index (κ3) is 3.44. The molecule has 0 aliphatic rings. The summed E-state index contributed by atoms with van der Waals surface area (Å²) >= 11 is 5.98. The normalized spacial score (nSPS) is 11.9. The molecule has 0 bridgehead atoms. The molecule has 1 rings (SSSR count). The first kappa shape index (κ1) is 11.9. The van der Waals surface area contributed by atoms with Gasteiger partial charge in [-0.05, 0) is 38.5 Å². The highest BCUT2D eigenvalue weighted by Crippen LogP contribution is 2.22. The summed E-state index contributed by atoms with van der Waals surface area (Å²) in [6.45, 7) is 5.88. The molecule has 0 fully saturated rings. The number of hydrogen-bond acceptors (Lipinski definition) is 1. The van der Waals surface area contributed by atoms with Crippen LogP contribution in [0.25, 0.3) is 0 Å². The Morgan fingerprint density at radius 1 is 1.47 bits per heavy atom. The number of rotatable bonds is 2. The van der Waals surface area contributed by atoms with Crippen LogP contribution < -0.4 is 11.1 Å². The number of benzene rings is 1. The molecule has 0 aliphatic carbocycles. The van der Waals surface area contributed by atoms with Crippen LogP contribution in [0.4, 0.5) is 5.69 Å². The van der Waals surface area contributed by atoms with E-state index in [2.05, 4.69) is 10.3 Å². The average Bonchev–Trinajstić information content (AvgIpc) is 2.11. The Bertz CT molecular complexity index is 372. The van der Waals surface area contributed by atoms with E-state index >= 15 is 0 Å². The van der Waals surface area contributed by atoms with Crippen LogP contribution in [-0.2, 0) is 0 Å². The zero-order valence-corrected chi connectivity index (χ0v) is 9.97. The van der Waals surface area contributed by atoms with Crippen molar-refractivity contribution in [1.82, 2.24) is 0 Å². The predicted octanol–water partition coefficient (Wildman–Crippen LogP) is 2.78. The van der Waals surface area contributed by atoms with Crippen LogP contribution >= 0.6 is 11.6 Å². The van der Waals surface area contributed by atoms with Gasteiger partial charge in [-0.1, -0.05) is 17.7 Å². The fraction of sp³-hybridized carbons (Fsp3) is 0.364. The van der Waals surface area contributed by atoms with Gasteiger partial charge in [0.1, 0.15) is 0 Å². The van der Waals surface area contributed by atoms with E-state index in [9.17, 15) is 0 Å². The zero-order chi connectivity index (χ0) is 11.4. The van der Waals surface area contributed by atoms with Gasteiger partial charge in [-0.15, -0.1) is 0 Å². The standard InChI is InChI=1S/C11H16ClN3/c1-7(2)14-11(13)15-10-6-4-5-9(12)8(10)3/h4-7H,1-3H3,(H3,13,14,15). The molecular weight excluding hydrogens is 210 g/mol. The molecule has 0 atom stereocenters. The largest absolute Gasteiger partial charge is 0.370 e. The molecule has 0 spiro atoms. The minimum atomic E-state index is 0.178. The van der Waals surface area contributed by atoms with Gasteiger partial charge in [0.2, 0.25) is 0 Å². The summed E-state index contributed by atoms with van der Waals surface area (Å²) in [6.07, 6.45) is 0. The van der Waals surface area contributed by atoms with Gasteiger partial charge in [-0.2, -0.15) is 0 Å². The highest BCUT2D eigenvalue weighted by Gasteiger charge is 2.02. The van der Waals surface area contributed by atoms with Gasteiger partial charge >= 0.3 is 0 Å². The monoisotopic (exact) mass is 225 g/mol. The third-order valence-corrected chi connectivity index (χ3v) is 2.34. The second-order valence-corrected chi connectivity index (χ2v) is 4.05. The molecule has 15 heavy (non-hydrogen) atoms. The van der Waals surface area contributed by atoms with Crippen molar-refractivity contribution in [3.05, 3.63) is 28.8 Å². The van der Waals surface area contributed by atoms with Crippen molar-refractivity contribution in [2.24, 2.45) is 10.7 Å². The maximum Gasteiger partial charge on any atom is 0.193 e. The van der Waals surface area contributed by atoms with Crippen LogP contribution in [0.15, 0.2) is 23.2 Å². The van der Waals surface area contributed by atoms with Crippen LogP contribution in [0.2, 0.25) is 5.02 Å². The van der Waals surface area contributed by atoms with Crippen molar-refractivity contribution in [1.29, 1.82) is 0 Å². The Kier molecular flexibility index (Phi) is 3.97. The molecule has 1 aromatic carbocycles. The van der Waals surface area contributed by atoms with E-state index in [1.165, 1.54) is 0 Å². The molecule has 82 valence electrons. The maximum absolute atomic E-state index is 5.98. The molecule has 3 nitrogen and oxygen atoms in total. The van der Waals surface area contributed by atoms with E-state index in [-0.39, 0.29) is 6.04 Å². The lowest BCUT2D eigenvalue weighted by Gasteiger charge is -2.10. The summed E-state index contributed by atoms with van der Waals surface area (Å²) < 4.78 is 0. The van der Waals surface area contributed by atoms with E-state index in [1.54, 1.807) is 0 Å². The molecular formula is C11H16ClN3. The maximum atomic E-state index is 5.98. The molecule has 0 aromatic heterocycles. The summed E-state index contributed by atoms with van der Waals surface area (Å²) in [4.78, 5) is 4.18. The lowest BCUT2D eigenvalue weighted by atomic mass is 10.2. The second-order valence-electron chi connectivity index (χ2n) is 3.65. The van der Waals surface area contributed by atoms with E-state index in [0.717, 1.165) is 16.3 Å². The van der Waals surface area contributed by atoms with Gasteiger partial charge in [0.05, 0.1) is 0 Å². The first-order chi connectivity index (χ1) is 7.00. The van der Waals surface area contributed by atoms with Crippen molar-refractivity contribution in [2.45, 2.75) is 26.8 Å². The van der Waals surface area contributed by atoms with E-state index < -0.39 is 0 Å². The number of nitrogens with two attached hydrogens (primary N) is 1. The summed E-state index contributed by atoms with van der Waals surface area (Å²) in [5.74, 6) is 0.412. The Morgan fingerprint density at radius 2 is 2.13 bits per heavy atom. The number of aliphatic imine (C=N–C) groups is 1. The van der Waals surface area contributed by atoms with Gasteiger partial charge in [0.25, 0.3) is 0 Å². The van der Waals surface area contributed by atoms with Crippen LogP contribution in [0.1, 0.15) is 19.4 Å². The first-order valence-corrected chi connectivity index (χ1v) is 5.24. The molecule has 0 heterocycles. The van der Waals surface area contributed by atoms with Gasteiger partial charge in [0.15, 0.2) is 5.96 Å². The molecule has 0 unspecified atom stereocenters. The number of guanidine groups is 1. The first-order valence-electron chi connectivity index (χ1n) is 4.86. The zero-order valence-electron chi connectivity index (χ0n) is 9.21. The minimum absolute atomic E-state index is 0.178. The number of halogens is 1. The van der Waals surface area contributed by atoms with Crippen molar-refractivity contribution in [3.63, 3.8) is 0 Å². The summed E-state index contributed by atoms with van der Waals surface area (Å²) in [5, 5.41) is 3.75. The topological polar surface area (TPSA) is 50.4 Å². The van der Waals surface area contributed by atoms with E-state index in [1.807, 2.05) is 39.0 Å².